The zero-order valence-electron chi connectivity index (χ0n) is 12.5. The smallest absolute Gasteiger partial charge is 0.227 e. The van der Waals surface area contributed by atoms with E-state index in [1.807, 2.05) is 19.1 Å². The molecule has 1 saturated carbocycles. The number of pyridine rings is 1. The normalized spacial score (nSPS) is 14.0. The Morgan fingerprint density at radius 1 is 1.33 bits per heavy atom. The van der Waals surface area contributed by atoms with E-state index >= 15 is 0 Å². The molecule has 2 heterocycles. The predicted octanol–water partition coefficient (Wildman–Crippen LogP) is 3.67. The van der Waals surface area contributed by atoms with E-state index in [0.29, 0.717) is 17.5 Å². The van der Waals surface area contributed by atoms with Crippen molar-refractivity contribution in [1.82, 2.24) is 15.0 Å². The Kier molecular flexibility index (Phi) is 3.99. The van der Waals surface area contributed by atoms with Gasteiger partial charge in [0.25, 0.3) is 0 Å². The second-order valence-electron chi connectivity index (χ2n) is 5.35. The maximum Gasteiger partial charge on any atom is 0.227 e. The van der Waals surface area contributed by atoms with Gasteiger partial charge in [0.05, 0.1) is 11.8 Å². The Hall–Kier alpha value is -2.17. The van der Waals surface area contributed by atoms with Gasteiger partial charge in [-0.25, -0.2) is 4.98 Å². The second-order valence-corrected chi connectivity index (χ2v) is 5.35. The maximum absolute atomic E-state index is 5.89. The minimum absolute atomic E-state index is 0.490. The molecule has 0 bridgehead atoms. The maximum atomic E-state index is 5.89. The van der Waals surface area contributed by atoms with Gasteiger partial charge in [0, 0.05) is 18.7 Å². The van der Waals surface area contributed by atoms with Crippen molar-refractivity contribution in [1.29, 1.82) is 0 Å². The van der Waals surface area contributed by atoms with Gasteiger partial charge >= 0.3 is 0 Å². The van der Waals surface area contributed by atoms with E-state index in [1.54, 1.807) is 12.4 Å². The first-order valence-electron chi connectivity index (χ1n) is 7.48. The van der Waals surface area contributed by atoms with Crippen LogP contribution in [-0.2, 0) is 0 Å². The standard InChI is InChI=1S/C16H20N4O/c1-3-8-18-14-11(2)16(20-15(19-14)12-6-7-12)21-13-5-4-9-17-10-13/h4-5,9-10,12H,3,6-8H2,1-2H3,(H,18,19,20). The molecule has 0 spiro atoms. The summed E-state index contributed by atoms with van der Waals surface area (Å²) < 4.78 is 5.89. The molecule has 0 amide bonds. The quantitative estimate of drug-likeness (QED) is 0.877. The van der Waals surface area contributed by atoms with Crippen LogP contribution < -0.4 is 10.1 Å². The van der Waals surface area contributed by atoms with Crippen LogP contribution in [0.5, 0.6) is 11.6 Å². The molecule has 5 heteroatoms. The van der Waals surface area contributed by atoms with Gasteiger partial charge in [-0.3, -0.25) is 4.98 Å². The fraction of sp³-hybridized carbons (Fsp3) is 0.438. The Bertz CT molecular complexity index is 611. The molecule has 0 atom stereocenters. The van der Waals surface area contributed by atoms with Crippen molar-refractivity contribution in [2.75, 3.05) is 11.9 Å². The lowest BCUT2D eigenvalue weighted by atomic mass is 10.3. The van der Waals surface area contributed by atoms with E-state index in [9.17, 15) is 0 Å². The minimum atomic E-state index is 0.490. The van der Waals surface area contributed by atoms with E-state index in [1.165, 1.54) is 12.8 Å². The Labute approximate surface area is 124 Å². The number of hydrogen-bond acceptors (Lipinski definition) is 5. The van der Waals surface area contributed by atoms with Crippen LogP contribution in [0.15, 0.2) is 24.5 Å². The van der Waals surface area contributed by atoms with Crippen LogP contribution in [-0.4, -0.2) is 21.5 Å². The molecule has 0 unspecified atom stereocenters. The number of anilines is 1. The summed E-state index contributed by atoms with van der Waals surface area (Å²) >= 11 is 0. The van der Waals surface area contributed by atoms with E-state index < -0.39 is 0 Å². The average Bonchev–Trinajstić information content (AvgIpc) is 3.34. The third-order valence-corrected chi connectivity index (χ3v) is 3.45. The molecule has 0 saturated heterocycles. The van der Waals surface area contributed by atoms with Crippen molar-refractivity contribution in [2.45, 2.75) is 39.0 Å². The van der Waals surface area contributed by atoms with Gasteiger partial charge in [-0.1, -0.05) is 6.92 Å². The summed E-state index contributed by atoms with van der Waals surface area (Å²) in [6.07, 6.45) is 6.81. The first kappa shape index (κ1) is 13.8. The summed E-state index contributed by atoms with van der Waals surface area (Å²) in [4.78, 5) is 13.3. The number of nitrogens with zero attached hydrogens (tertiary/aromatic N) is 3. The van der Waals surface area contributed by atoms with E-state index in [0.717, 1.165) is 30.2 Å². The third-order valence-electron chi connectivity index (χ3n) is 3.45. The predicted molar refractivity (Wildman–Crippen MR) is 81.8 cm³/mol. The van der Waals surface area contributed by atoms with Crippen LogP contribution in [0.3, 0.4) is 0 Å². The van der Waals surface area contributed by atoms with E-state index in [4.69, 9.17) is 4.74 Å². The molecule has 2 aromatic heterocycles. The second kappa shape index (κ2) is 6.08. The average molecular weight is 284 g/mol. The molecular formula is C16H20N4O. The molecule has 1 aliphatic rings. The summed E-state index contributed by atoms with van der Waals surface area (Å²) in [6.45, 7) is 5.02. The molecule has 110 valence electrons. The van der Waals surface area contributed by atoms with Crippen molar-refractivity contribution in [3.05, 3.63) is 35.9 Å². The SMILES string of the molecule is CCCNc1nc(C2CC2)nc(Oc2cccnc2)c1C. The molecular weight excluding hydrogens is 264 g/mol. The summed E-state index contributed by atoms with van der Waals surface area (Å²) in [7, 11) is 0. The highest BCUT2D eigenvalue weighted by Gasteiger charge is 2.28. The molecule has 0 aliphatic heterocycles. The fourth-order valence-electron chi connectivity index (χ4n) is 2.07. The van der Waals surface area contributed by atoms with Crippen molar-refractivity contribution in [3.63, 3.8) is 0 Å². The lowest BCUT2D eigenvalue weighted by Crippen LogP contribution is -2.08. The lowest BCUT2D eigenvalue weighted by molar-refractivity contribution is 0.452. The highest BCUT2D eigenvalue weighted by Crippen LogP contribution is 2.40. The highest BCUT2D eigenvalue weighted by molar-refractivity contribution is 5.50. The van der Waals surface area contributed by atoms with Crippen LogP contribution in [0.1, 0.15) is 43.5 Å². The summed E-state index contributed by atoms with van der Waals surface area (Å²) in [5, 5.41) is 3.37. The Balaban J connectivity index is 1.91. The largest absolute Gasteiger partial charge is 0.437 e. The molecule has 2 aromatic rings. The van der Waals surface area contributed by atoms with Gasteiger partial charge in [0.15, 0.2) is 0 Å². The monoisotopic (exact) mass is 284 g/mol. The van der Waals surface area contributed by atoms with Crippen molar-refractivity contribution >= 4 is 5.82 Å². The molecule has 1 fully saturated rings. The number of ether oxygens (including phenoxy) is 1. The summed E-state index contributed by atoms with van der Waals surface area (Å²) in [5.41, 5.74) is 0.941. The number of nitrogens with one attached hydrogen (secondary N) is 1. The summed E-state index contributed by atoms with van der Waals surface area (Å²) in [6, 6.07) is 3.73. The number of aromatic nitrogens is 3. The zero-order chi connectivity index (χ0) is 14.7. The van der Waals surface area contributed by atoms with Crippen molar-refractivity contribution in [2.24, 2.45) is 0 Å². The van der Waals surface area contributed by atoms with Gasteiger partial charge in [0.2, 0.25) is 5.88 Å². The Morgan fingerprint density at radius 2 is 2.19 bits per heavy atom. The summed E-state index contributed by atoms with van der Waals surface area (Å²) in [5.74, 6) is 3.58. The van der Waals surface area contributed by atoms with Gasteiger partial charge < -0.3 is 10.1 Å². The first-order valence-corrected chi connectivity index (χ1v) is 7.48. The first-order chi connectivity index (χ1) is 10.3. The minimum Gasteiger partial charge on any atom is -0.437 e. The topological polar surface area (TPSA) is 59.9 Å². The lowest BCUT2D eigenvalue weighted by Gasteiger charge is -2.13. The van der Waals surface area contributed by atoms with Crippen LogP contribution in [0.2, 0.25) is 0 Å². The molecule has 3 rings (SSSR count). The van der Waals surface area contributed by atoms with Gasteiger partial charge in [-0.2, -0.15) is 4.98 Å². The molecule has 0 radical (unpaired) electrons. The fourth-order valence-corrected chi connectivity index (χ4v) is 2.07. The molecule has 5 nitrogen and oxygen atoms in total. The molecule has 21 heavy (non-hydrogen) atoms. The van der Waals surface area contributed by atoms with Gasteiger partial charge in [-0.15, -0.1) is 0 Å². The Morgan fingerprint density at radius 3 is 2.86 bits per heavy atom. The van der Waals surface area contributed by atoms with Gasteiger partial charge in [-0.05, 0) is 38.3 Å². The van der Waals surface area contributed by atoms with Crippen molar-refractivity contribution in [3.8, 4) is 11.6 Å². The molecule has 0 aromatic carbocycles. The number of hydrogen-bond donors (Lipinski definition) is 1. The molecule has 1 aliphatic carbocycles. The van der Waals surface area contributed by atoms with E-state index in [2.05, 4.69) is 27.2 Å². The zero-order valence-corrected chi connectivity index (χ0v) is 12.5. The van der Waals surface area contributed by atoms with Crippen LogP contribution >= 0.6 is 0 Å². The molecule has 1 N–H and O–H groups in total. The number of rotatable bonds is 6. The highest BCUT2D eigenvalue weighted by atomic mass is 16.5. The van der Waals surface area contributed by atoms with Crippen LogP contribution in [0.25, 0.3) is 0 Å². The van der Waals surface area contributed by atoms with E-state index in [-0.39, 0.29) is 0 Å². The van der Waals surface area contributed by atoms with Gasteiger partial charge in [0.1, 0.15) is 17.4 Å². The van der Waals surface area contributed by atoms with Crippen LogP contribution in [0, 0.1) is 6.92 Å². The third kappa shape index (κ3) is 3.29. The van der Waals surface area contributed by atoms with Crippen LogP contribution in [0.4, 0.5) is 5.82 Å². The van der Waals surface area contributed by atoms with Crippen molar-refractivity contribution < 1.29 is 4.74 Å².